The van der Waals surface area contributed by atoms with Crippen molar-refractivity contribution in [3.05, 3.63) is 81.7 Å². The maximum Gasteiger partial charge on any atom is 0.262 e. The molecule has 0 atom stereocenters. The number of nitrogens with one attached hydrogen (secondary N) is 2. The first-order chi connectivity index (χ1) is 16.9. The van der Waals surface area contributed by atoms with Gasteiger partial charge in [0, 0.05) is 52.6 Å². The quantitative estimate of drug-likeness (QED) is 0.641. The van der Waals surface area contributed by atoms with Crippen molar-refractivity contribution in [1.82, 2.24) is 5.32 Å². The number of allylic oxidation sites excluding steroid dienone is 4. The fourth-order valence-corrected chi connectivity index (χ4v) is 5.36. The highest BCUT2D eigenvalue weighted by atomic mass is 16.5. The van der Waals surface area contributed by atoms with E-state index in [1.807, 2.05) is 56.3 Å². The standard InChI is InChI=1S/C29H30N2O4/c1-17-8-5-10-20(18(17)2)31-26(34)16-35-25-15-4-3-9-19(25)27-28-21(11-6-13-23(28)32)30-22-12-7-14-24(33)29(22)27/h3-5,8-10,15,27,30H,6-7,11-14,16H2,1-2H3,(H,31,34). The van der Waals surface area contributed by atoms with Crippen molar-refractivity contribution in [3.8, 4) is 5.75 Å². The average molecular weight is 471 g/mol. The third-order valence-electron chi connectivity index (χ3n) is 7.26. The van der Waals surface area contributed by atoms with Crippen molar-refractivity contribution >= 4 is 23.2 Å². The second kappa shape index (κ2) is 9.53. The van der Waals surface area contributed by atoms with Crippen molar-refractivity contribution in [2.45, 2.75) is 58.3 Å². The zero-order valence-electron chi connectivity index (χ0n) is 20.2. The molecule has 6 heteroatoms. The molecule has 0 fully saturated rings. The minimum absolute atomic E-state index is 0.0798. The van der Waals surface area contributed by atoms with Crippen molar-refractivity contribution in [2.24, 2.45) is 0 Å². The minimum atomic E-state index is -0.458. The highest BCUT2D eigenvalue weighted by Gasteiger charge is 2.41. The van der Waals surface area contributed by atoms with Crippen LogP contribution >= 0.6 is 0 Å². The summed E-state index contributed by atoms with van der Waals surface area (Å²) >= 11 is 0. The number of ketones is 2. The SMILES string of the molecule is Cc1cccc(NC(=O)COc2ccccc2C2C3=C(CCCC3=O)NC3=C2C(=O)CCC3)c1C. The van der Waals surface area contributed by atoms with E-state index in [1.54, 1.807) is 0 Å². The van der Waals surface area contributed by atoms with E-state index in [0.717, 1.165) is 59.5 Å². The van der Waals surface area contributed by atoms with Crippen LogP contribution < -0.4 is 15.4 Å². The summed E-state index contributed by atoms with van der Waals surface area (Å²) in [6, 6.07) is 13.2. The van der Waals surface area contributed by atoms with Crippen molar-refractivity contribution in [1.29, 1.82) is 0 Å². The predicted molar refractivity (Wildman–Crippen MR) is 134 cm³/mol. The number of para-hydroxylation sites is 1. The van der Waals surface area contributed by atoms with Crippen LogP contribution in [-0.2, 0) is 14.4 Å². The van der Waals surface area contributed by atoms with Crippen LogP contribution in [0.25, 0.3) is 0 Å². The van der Waals surface area contributed by atoms with Crippen LogP contribution in [-0.4, -0.2) is 24.1 Å². The first-order valence-electron chi connectivity index (χ1n) is 12.3. The van der Waals surface area contributed by atoms with Gasteiger partial charge in [-0.15, -0.1) is 0 Å². The second-order valence-electron chi connectivity index (χ2n) is 9.52. The van der Waals surface area contributed by atoms with E-state index in [-0.39, 0.29) is 24.1 Å². The minimum Gasteiger partial charge on any atom is -0.483 e. The van der Waals surface area contributed by atoms with Crippen LogP contribution in [0.4, 0.5) is 5.69 Å². The van der Waals surface area contributed by atoms with Gasteiger partial charge in [0.05, 0.1) is 0 Å². The summed E-state index contributed by atoms with van der Waals surface area (Å²) in [6.45, 7) is 3.80. The lowest BCUT2D eigenvalue weighted by Gasteiger charge is -2.37. The van der Waals surface area contributed by atoms with Gasteiger partial charge in [0.25, 0.3) is 5.91 Å². The number of Topliss-reactive ketones (excluding diaryl/α,β-unsaturated/α-hetero) is 2. The number of aryl methyl sites for hydroxylation is 1. The van der Waals surface area contributed by atoms with Crippen LogP contribution in [0.3, 0.4) is 0 Å². The Kier molecular flexibility index (Phi) is 6.29. The smallest absolute Gasteiger partial charge is 0.262 e. The van der Waals surface area contributed by atoms with Gasteiger partial charge >= 0.3 is 0 Å². The number of hydrogen-bond donors (Lipinski definition) is 2. The lowest BCUT2D eigenvalue weighted by Crippen LogP contribution is -2.36. The number of dihydropyridines is 1. The van der Waals surface area contributed by atoms with Gasteiger partial charge in [-0.05, 0) is 62.8 Å². The van der Waals surface area contributed by atoms with Gasteiger partial charge in [-0.25, -0.2) is 0 Å². The molecule has 0 aromatic heterocycles. The number of carbonyl (C=O) groups excluding carboxylic acids is 3. The molecule has 2 N–H and O–H groups in total. The van der Waals surface area contributed by atoms with Gasteiger partial charge in [-0.2, -0.15) is 0 Å². The molecule has 1 amide bonds. The summed E-state index contributed by atoms with van der Waals surface area (Å²) in [7, 11) is 0. The molecule has 2 aromatic rings. The van der Waals surface area contributed by atoms with Gasteiger partial charge < -0.3 is 15.4 Å². The highest BCUT2D eigenvalue weighted by molar-refractivity contribution is 6.06. The fraction of sp³-hybridized carbons (Fsp3) is 0.345. The second-order valence-corrected chi connectivity index (χ2v) is 9.52. The maximum absolute atomic E-state index is 13.1. The van der Waals surface area contributed by atoms with Gasteiger partial charge in [-0.3, -0.25) is 14.4 Å². The normalized spacial score (nSPS) is 18.1. The summed E-state index contributed by atoms with van der Waals surface area (Å²) < 4.78 is 6.02. The molecular weight excluding hydrogens is 440 g/mol. The maximum atomic E-state index is 13.1. The molecule has 0 saturated heterocycles. The Morgan fingerprint density at radius 1 is 0.914 bits per heavy atom. The Labute approximate surface area is 205 Å². The first kappa shape index (κ1) is 23.1. The molecular formula is C29H30N2O4. The van der Waals surface area contributed by atoms with Gasteiger partial charge in [0.2, 0.25) is 0 Å². The number of carbonyl (C=O) groups is 3. The van der Waals surface area contributed by atoms with Crippen LogP contribution in [0.2, 0.25) is 0 Å². The van der Waals surface area contributed by atoms with E-state index in [0.29, 0.717) is 29.7 Å². The number of benzene rings is 2. The summed E-state index contributed by atoms with van der Waals surface area (Å²) in [5.74, 6) is -0.0421. The third-order valence-corrected chi connectivity index (χ3v) is 7.26. The van der Waals surface area contributed by atoms with E-state index in [9.17, 15) is 14.4 Å². The molecule has 0 spiro atoms. The van der Waals surface area contributed by atoms with Crippen molar-refractivity contribution in [2.75, 3.05) is 11.9 Å². The van der Waals surface area contributed by atoms with Gasteiger partial charge in [-0.1, -0.05) is 30.3 Å². The summed E-state index contributed by atoms with van der Waals surface area (Å²) in [4.78, 5) is 38.9. The lowest BCUT2D eigenvalue weighted by atomic mass is 9.71. The van der Waals surface area contributed by atoms with E-state index >= 15 is 0 Å². The number of ether oxygens (including phenoxy) is 1. The van der Waals surface area contributed by atoms with Crippen LogP contribution in [0, 0.1) is 13.8 Å². The largest absolute Gasteiger partial charge is 0.483 e. The Morgan fingerprint density at radius 3 is 2.26 bits per heavy atom. The molecule has 0 saturated carbocycles. The summed E-state index contributed by atoms with van der Waals surface area (Å²) in [5, 5.41) is 6.36. The van der Waals surface area contributed by atoms with E-state index in [2.05, 4.69) is 10.6 Å². The molecule has 1 aliphatic heterocycles. The number of amides is 1. The molecule has 35 heavy (non-hydrogen) atoms. The Bertz CT molecular complexity index is 1250. The Hall–Kier alpha value is -3.67. The molecule has 0 radical (unpaired) electrons. The highest BCUT2D eigenvalue weighted by Crippen LogP contribution is 2.47. The first-order valence-corrected chi connectivity index (χ1v) is 12.3. The van der Waals surface area contributed by atoms with E-state index in [4.69, 9.17) is 4.74 Å². The fourth-order valence-electron chi connectivity index (χ4n) is 5.36. The van der Waals surface area contributed by atoms with Crippen molar-refractivity contribution in [3.63, 3.8) is 0 Å². The molecule has 2 aliphatic carbocycles. The third kappa shape index (κ3) is 4.41. The monoisotopic (exact) mass is 470 g/mol. The molecule has 6 nitrogen and oxygen atoms in total. The molecule has 180 valence electrons. The summed E-state index contributed by atoms with van der Waals surface area (Å²) in [6.07, 6.45) is 4.17. The van der Waals surface area contributed by atoms with Crippen LogP contribution in [0.15, 0.2) is 65.0 Å². The molecule has 2 aromatic carbocycles. The number of anilines is 1. The molecule has 5 rings (SSSR count). The average Bonchev–Trinajstić information content (AvgIpc) is 2.85. The van der Waals surface area contributed by atoms with Crippen LogP contribution in [0.1, 0.15) is 61.1 Å². The molecule has 0 unspecified atom stereocenters. The molecule has 0 bridgehead atoms. The van der Waals surface area contributed by atoms with E-state index < -0.39 is 5.92 Å². The summed E-state index contributed by atoms with van der Waals surface area (Å²) in [5.41, 5.74) is 6.87. The topological polar surface area (TPSA) is 84.5 Å². The Balaban J connectivity index is 1.45. The van der Waals surface area contributed by atoms with Crippen LogP contribution in [0.5, 0.6) is 5.75 Å². The van der Waals surface area contributed by atoms with Gasteiger partial charge in [0.1, 0.15) is 5.75 Å². The zero-order chi connectivity index (χ0) is 24.5. The molecule has 3 aliphatic rings. The Morgan fingerprint density at radius 2 is 1.57 bits per heavy atom. The van der Waals surface area contributed by atoms with E-state index in [1.165, 1.54) is 0 Å². The zero-order valence-corrected chi connectivity index (χ0v) is 20.2. The van der Waals surface area contributed by atoms with Crippen molar-refractivity contribution < 1.29 is 19.1 Å². The molecule has 1 heterocycles. The number of hydrogen-bond acceptors (Lipinski definition) is 5. The van der Waals surface area contributed by atoms with Gasteiger partial charge in [0.15, 0.2) is 18.2 Å². The predicted octanol–water partition coefficient (Wildman–Crippen LogP) is 5.02. The lowest BCUT2D eigenvalue weighted by molar-refractivity contribution is -0.119. The number of rotatable bonds is 5.